The number of hydrogen-bond acceptors (Lipinski definition) is 5. The number of nitrogens with one attached hydrogen (secondary N) is 1. The molecule has 19 heavy (non-hydrogen) atoms. The Hall–Kier alpha value is -2.28. The van der Waals surface area contributed by atoms with E-state index < -0.39 is 10.0 Å². The highest BCUT2D eigenvalue weighted by atomic mass is 32.2. The van der Waals surface area contributed by atoms with Crippen molar-refractivity contribution in [3.8, 4) is 5.75 Å². The summed E-state index contributed by atoms with van der Waals surface area (Å²) in [5, 5.41) is 0. The summed E-state index contributed by atoms with van der Waals surface area (Å²) < 4.78 is 31.7. The number of nitrogens with zero attached hydrogens (tertiary/aromatic N) is 1. The van der Waals surface area contributed by atoms with E-state index in [0.717, 1.165) is 0 Å². The fourth-order valence-electron chi connectivity index (χ4n) is 1.50. The molecule has 1 aromatic heterocycles. The molecule has 100 valence electrons. The number of nitrogens with two attached hydrogens (primary N) is 1. The summed E-state index contributed by atoms with van der Waals surface area (Å²) >= 11 is 0. The van der Waals surface area contributed by atoms with Crippen molar-refractivity contribution >= 4 is 21.4 Å². The number of aromatic nitrogens is 1. The van der Waals surface area contributed by atoms with Gasteiger partial charge in [0.2, 0.25) is 0 Å². The molecule has 1 heterocycles. The predicted octanol–water partition coefficient (Wildman–Crippen LogP) is 1.47. The van der Waals surface area contributed by atoms with Crippen LogP contribution in [0.25, 0.3) is 0 Å². The first kappa shape index (κ1) is 13.2. The summed E-state index contributed by atoms with van der Waals surface area (Å²) in [5.74, 6) is 0.314. The summed E-state index contributed by atoms with van der Waals surface area (Å²) in [4.78, 5) is 3.91. The maximum Gasteiger partial charge on any atom is 0.262 e. The Kier molecular flexibility index (Phi) is 3.57. The Morgan fingerprint density at radius 3 is 2.74 bits per heavy atom. The van der Waals surface area contributed by atoms with Gasteiger partial charge in [-0.25, -0.2) is 8.42 Å². The molecule has 0 atom stereocenters. The van der Waals surface area contributed by atoms with Crippen LogP contribution in [0.3, 0.4) is 0 Å². The largest absolute Gasteiger partial charge is 0.495 e. The van der Waals surface area contributed by atoms with Crippen LogP contribution < -0.4 is 15.2 Å². The van der Waals surface area contributed by atoms with E-state index in [1.165, 1.54) is 31.5 Å². The quantitative estimate of drug-likeness (QED) is 0.826. The first-order valence-corrected chi connectivity index (χ1v) is 6.87. The molecular formula is C12H13N3O3S. The number of sulfonamides is 1. The standard InChI is InChI=1S/C12H13N3O3S/c1-18-12-7-10(4-5-11(12)13)19(16,17)15-9-3-2-6-14-8-9/h2-8,15H,13H2,1H3. The number of rotatable bonds is 4. The van der Waals surface area contributed by atoms with Gasteiger partial charge in [-0.15, -0.1) is 0 Å². The summed E-state index contributed by atoms with van der Waals surface area (Å²) in [6.07, 6.45) is 2.98. The molecule has 0 aliphatic carbocycles. The van der Waals surface area contributed by atoms with Crippen LogP contribution in [0.1, 0.15) is 0 Å². The van der Waals surface area contributed by atoms with Gasteiger partial charge in [0.15, 0.2) is 0 Å². The van der Waals surface area contributed by atoms with Crippen molar-refractivity contribution in [1.29, 1.82) is 0 Å². The zero-order chi connectivity index (χ0) is 13.9. The van der Waals surface area contributed by atoms with Crippen LogP contribution in [-0.2, 0) is 10.0 Å². The van der Waals surface area contributed by atoms with Crippen LogP contribution in [0.15, 0.2) is 47.6 Å². The summed E-state index contributed by atoms with van der Waals surface area (Å²) in [5.41, 5.74) is 6.41. The van der Waals surface area contributed by atoms with E-state index in [4.69, 9.17) is 10.5 Å². The number of anilines is 2. The van der Waals surface area contributed by atoms with Crippen molar-refractivity contribution in [2.45, 2.75) is 4.90 Å². The van der Waals surface area contributed by atoms with Gasteiger partial charge in [0.25, 0.3) is 10.0 Å². The van der Waals surface area contributed by atoms with Gasteiger partial charge in [-0.2, -0.15) is 0 Å². The topological polar surface area (TPSA) is 94.3 Å². The lowest BCUT2D eigenvalue weighted by molar-refractivity contribution is 0.415. The van der Waals surface area contributed by atoms with E-state index >= 15 is 0 Å². The van der Waals surface area contributed by atoms with Crippen molar-refractivity contribution < 1.29 is 13.2 Å². The highest BCUT2D eigenvalue weighted by molar-refractivity contribution is 7.92. The van der Waals surface area contributed by atoms with Crippen molar-refractivity contribution in [3.05, 3.63) is 42.7 Å². The molecule has 3 N–H and O–H groups in total. The molecule has 0 unspecified atom stereocenters. The van der Waals surface area contributed by atoms with Gasteiger partial charge < -0.3 is 10.5 Å². The third-order valence-electron chi connectivity index (χ3n) is 2.43. The summed E-state index contributed by atoms with van der Waals surface area (Å²) in [6, 6.07) is 7.52. The smallest absolute Gasteiger partial charge is 0.262 e. The van der Waals surface area contributed by atoms with Gasteiger partial charge in [0.05, 0.1) is 29.6 Å². The fraction of sp³-hybridized carbons (Fsp3) is 0.0833. The van der Waals surface area contributed by atoms with Crippen molar-refractivity contribution in [2.24, 2.45) is 0 Å². The van der Waals surface area contributed by atoms with Gasteiger partial charge >= 0.3 is 0 Å². The zero-order valence-electron chi connectivity index (χ0n) is 10.2. The Morgan fingerprint density at radius 1 is 1.32 bits per heavy atom. The minimum Gasteiger partial charge on any atom is -0.495 e. The molecule has 2 aromatic rings. The molecule has 0 bridgehead atoms. The first-order chi connectivity index (χ1) is 9.03. The number of pyridine rings is 1. The van der Waals surface area contributed by atoms with Crippen LogP contribution in [0.4, 0.5) is 11.4 Å². The average molecular weight is 279 g/mol. The normalized spacial score (nSPS) is 11.0. The Labute approximate surface area is 111 Å². The fourth-order valence-corrected chi connectivity index (χ4v) is 2.55. The molecule has 0 aliphatic rings. The molecule has 0 radical (unpaired) electrons. The van der Waals surface area contributed by atoms with Crippen LogP contribution in [0, 0.1) is 0 Å². The Morgan fingerprint density at radius 2 is 2.11 bits per heavy atom. The zero-order valence-corrected chi connectivity index (χ0v) is 11.0. The molecule has 0 saturated heterocycles. The highest BCUT2D eigenvalue weighted by Gasteiger charge is 2.16. The second-order valence-corrected chi connectivity index (χ2v) is 5.43. The lowest BCUT2D eigenvalue weighted by atomic mass is 10.3. The minimum absolute atomic E-state index is 0.0717. The second-order valence-electron chi connectivity index (χ2n) is 3.75. The van der Waals surface area contributed by atoms with E-state index in [0.29, 0.717) is 17.1 Å². The molecule has 7 heteroatoms. The maximum absolute atomic E-state index is 12.1. The molecule has 6 nitrogen and oxygen atoms in total. The number of nitrogen functional groups attached to an aromatic ring is 1. The first-order valence-electron chi connectivity index (χ1n) is 5.39. The Bertz CT molecular complexity index is 672. The molecule has 0 aliphatic heterocycles. The third-order valence-corrected chi connectivity index (χ3v) is 3.81. The van der Waals surface area contributed by atoms with Crippen LogP contribution in [-0.4, -0.2) is 20.5 Å². The van der Waals surface area contributed by atoms with Crippen molar-refractivity contribution in [1.82, 2.24) is 4.98 Å². The molecule has 0 fully saturated rings. The number of benzene rings is 1. The summed E-state index contributed by atoms with van der Waals surface area (Å²) in [6.45, 7) is 0. The maximum atomic E-state index is 12.1. The Balaban J connectivity index is 2.35. The predicted molar refractivity (Wildman–Crippen MR) is 72.5 cm³/mol. The lowest BCUT2D eigenvalue weighted by Crippen LogP contribution is -2.13. The molecule has 0 saturated carbocycles. The van der Waals surface area contributed by atoms with Crippen LogP contribution >= 0.6 is 0 Å². The monoisotopic (exact) mass is 279 g/mol. The van der Waals surface area contributed by atoms with E-state index in [-0.39, 0.29) is 4.90 Å². The number of hydrogen-bond donors (Lipinski definition) is 2. The summed E-state index contributed by atoms with van der Waals surface area (Å²) in [7, 11) is -2.26. The molecule has 2 rings (SSSR count). The van der Waals surface area contributed by atoms with Gasteiger partial charge in [-0.3, -0.25) is 9.71 Å². The molecule has 1 aromatic carbocycles. The minimum atomic E-state index is -3.69. The third kappa shape index (κ3) is 2.94. The van der Waals surface area contributed by atoms with Gasteiger partial charge in [0, 0.05) is 12.3 Å². The second kappa shape index (κ2) is 5.15. The van der Waals surface area contributed by atoms with Gasteiger partial charge in [-0.1, -0.05) is 0 Å². The SMILES string of the molecule is COc1cc(S(=O)(=O)Nc2cccnc2)ccc1N. The lowest BCUT2D eigenvalue weighted by Gasteiger charge is -2.10. The molecule has 0 spiro atoms. The highest BCUT2D eigenvalue weighted by Crippen LogP contribution is 2.25. The average Bonchev–Trinajstić information content (AvgIpc) is 2.39. The van der Waals surface area contributed by atoms with E-state index in [9.17, 15) is 8.42 Å². The number of ether oxygens (including phenoxy) is 1. The van der Waals surface area contributed by atoms with E-state index in [1.54, 1.807) is 18.3 Å². The molecular weight excluding hydrogens is 266 g/mol. The van der Waals surface area contributed by atoms with Gasteiger partial charge in [-0.05, 0) is 24.3 Å². The van der Waals surface area contributed by atoms with E-state index in [1.807, 2.05) is 0 Å². The van der Waals surface area contributed by atoms with E-state index in [2.05, 4.69) is 9.71 Å². The van der Waals surface area contributed by atoms with Crippen LogP contribution in [0.5, 0.6) is 5.75 Å². The molecule has 0 amide bonds. The van der Waals surface area contributed by atoms with Crippen LogP contribution in [0.2, 0.25) is 0 Å². The van der Waals surface area contributed by atoms with Gasteiger partial charge in [0.1, 0.15) is 5.75 Å². The van der Waals surface area contributed by atoms with Crippen molar-refractivity contribution in [2.75, 3.05) is 17.6 Å². The van der Waals surface area contributed by atoms with Crippen molar-refractivity contribution in [3.63, 3.8) is 0 Å². The number of methoxy groups -OCH3 is 1.